The number of hydrogen-bond donors (Lipinski definition) is 0. The van der Waals surface area contributed by atoms with Crippen molar-refractivity contribution in [3.63, 3.8) is 0 Å². The minimum Gasteiger partial charge on any atom is -0.321 e. The van der Waals surface area contributed by atoms with Gasteiger partial charge < -0.3 is 4.57 Å². The van der Waals surface area contributed by atoms with Crippen LogP contribution in [0.2, 0.25) is 0 Å². The second-order valence-corrected chi connectivity index (χ2v) is 2.61. The van der Waals surface area contributed by atoms with Crippen LogP contribution >= 0.6 is 15.9 Å². The fraction of sp³-hybridized carbons (Fsp3) is 0.400. The summed E-state index contributed by atoms with van der Waals surface area (Å²) in [6.45, 7) is 0. The van der Waals surface area contributed by atoms with Crippen molar-refractivity contribution in [2.24, 2.45) is 7.05 Å². The van der Waals surface area contributed by atoms with Gasteiger partial charge in [-0.15, -0.1) is 0 Å². The van der Waals surface area contributed by atoms with Crippen molar-refractivity contribution in [3.05, 3.63) is 16.6 Å². The van der Waals surface area contributed by atoms with Crippen molar-refractivity contribution in [3.8, 4) is 0 Å². The molecule has 1 aromatic heterocycles. The van der Waals surface area contributed by atoms with E-state index >= 15 is 0 Å². The molecule has 0 bridgehead atoms. The van der Waals surface area contributed by atoms with E-state index in [9.17, 15) is 8.78 Å². The maximum Gasteiger partial charge on any atom is 0.295 e. The molecule has 1 heterocycles. The van der Waals surface area contributed by atoms with E-state index in [1.54, 1.807) is 0 Å². The molecule has 0 spiro atoms. The van der Waals surface area contributed by atoms with Crippen LogP contribution in [0.3, 0.4) is 0 Å². The van der Waals surface area contributed by atoms with Gasteiger partial charge >= 0.3 is 0 Å². The SMILES string of the molecule is Cn1c(Br)cnc1C(F)F. The normalized spacial score (nSPS) is 10.9. The fourth-order valence-electron chi connectivity index (χ4n) is 0.605. The second kappa shape index (κ2) is 2.65. The van der Waals surface area contributed by atoms with Gasteiger partial charge in [0.05, 0.1) is 6.20 Å². The molecule has 2 nitrogen and oxygen atoms in total. The van der Waals surface area contributed by atoms with Gasteiger partial charge in [-0.1, -0.05) is 0 Å². The standard InChI is InChI=1S/C5H5BrF2N2/c1-10-3(6)2-9-5(10)4(7)8/h2,4H,1H3. The number of nitrogens with zero attached hydrogens (tertiary/aromatic N) is 2. The summed E-state index contributed by atoms with van der Waals surface area (Å²) in [6.07, 6.45) is -1.15. The molecule has 10 heavy (non-hydrogen) atoms. The Morgan fingerprint density at radius 3 is 2.50 bits per heavy atom. The number of halogens is 3. The predicted molar refractivity (Wildman–Crippen MR) is 35.9 cm³/mol. The van der Waals surface area contributed by atoms with Gasteiger partial charge in [0.25, 0.3) is 6.43 Å². The first-order valence-electron chi connectivity index (χ1n) is 2.58. The van der Waals surface area contributed by atoms with E-state index in [1.807, 2.05) is 0 Å². The Morgan fingerprint density at radius 1 is 1.70 bits per heavy atom. The van der Waals surface area contributed by atoms with Crippen LogP contribution in [-0.2, 0) is 7.05 Å². The first-order chi connectivity index (χ1) is 4.63. The van der Waals surface area contributed by atoms with E-state index in [0.717, 1.165) is 0 Å². The van der Waals surface area contributed by atoms with Gasteiger partial charge in [0.15, 0.2) is 5.82 Å². The Morgan fingerprint density at radius 2 is 2.30 bits per heavy atom. The number of alkyl halides is 2. The molecule has 1 rings (SSSR count). The van der Waals surface area contributed by atoms with Crippen molar-refractivity contribution >= 4 is 15.9 Å². The molecule has 0 fully saturated rings. The summed E-state index contributed by atoms with van der Waals surface area (Å²) in [4.78, 5) is 3.48. The van der Waals surface area contributed by atoms with Crippen LogP contribution in [-0.4, -0.2) is 9.55 Å². The van der Waals surface area contributed by atoms with Crippen LogP contribution in [0, 0.1) is 0 Å². The fourth-order valence-corrected chi connectivity index (χ4v) is 0.889. The van der Waals surface area contributed by atoms with Crippen molar-refractivity contribution in [1.82, 2.24) is 9.55 Å². The van der Waals surface area contributed by atoms with Crippen molar-refractivity contribution in [1.29, 1.82) is 0 Å². The molecular formula is C5H5BrF2N2. The first-order valence-corrected chi connectivity index (χ1v) is 3.37. The molecule has 0 saturated heterocycles. The molecule has 0 aliphatic heterocycles. The topological polar surface area (TPSA) is 17.8 Å². The zero-order chi connectivity index (χ0) is 7.72. The van der Waals surface area contributed by atoms with Crippen LogP contribution < -0.4 is 0 Å². The molecule has 0 amide bonds. The van der Waals surface area contributed by atoms with Gasteiger partial charge in [0, 0.05) is 7.05 Å². The summed E-state index contributed by atoms with van der Waals surface area (Å²) >= 11 is 3.05. The summed E-state index contributed by atoms with van der Waals surface area (Å²) in [7, 11) is 1.53. The summed E-state index contributed by atoms with van der Waals surface area (Å²) in [5, 5.41) is 0. The average molecular weight is 211 g/mol. The van der Waals surface area contributed by atoms with Gasteiger partial charge in [0.1, 0.15) is 4.60 Å². The lowest BCUT2D eigenvalue weighted by Crippen LogP contribution is -1.97. The second-order valence-electron chi connectivity index (χ2n) is 1.80. The minimum atomic E-state index is -2.50. The van der Waals surface area contributed by atoms with Crippen LogP contribution in [0.4, 0.5) is 8.78 Å². The van der Waals surface area contributed by atoms with E-state index in [4.69, 9.17) is 0 Å². The Balaban J connectivity index is 3.05. The summed E-state index contributed by atoms with van der Waals surface area (Å²) < 4.78 is 25.7. The van der Waals surface area contributed by atoms with Crippen LogP contribution in [0.25, 0.3) is 0 Å². The third-order valence-electron chi connectivity index (χ3n) is 1.16. The molecule has 0 radical (unpaired) electrons. The van der Waals surface area contributed by atoms with Crippen molar-refractivity contribution in [2.45, 2.75) is 6.43 Å². The van der Waals surface area contributed by atoms with E-state index in [0.29, 0.717) is 4.60 Å². The highest BCUT2D eigenvalue weighted by atomic mass is 79.9. The highest BCUT2D eigenvalue weighted by Gasteiger charge is 2.13. The van der Waals surface area contributed by atoms with Crippen LogP contribution in [0.5, 0.6) is 0 Å². The largest absolute Gasteiger partial charge is 0.321 e. The Hall–Kier alpha value is -0.450. The average Bonchev–Trinajstić information content (AvgIpc) is 2.14. The maximum absolute atomic E-state index is 11.9. The molecule has 0 aliphatic carbocycles. The van der Waals surface area contributed by atoms with Gasteiger partial charge in [-0.2, -0.15) is 0 Å². The number of hydrogen-bond acceptors (Lipinski definition) is 1. The van der Waals surface area contributed by atoms with Crippen LogP contribution in [0.15, 0.2) is 10.8 Å². The lowest BCUT2D eigenvalue weighted by atomic mass is 10.6. The monoisotopic (exact) mass is 210 g/mol. The third kappa shape index (κ3) is 1.18. The Labute approximate surface area is 65.0 Å². The van der Waals surface area contributed by atoms with E-state index in [2.05, 4.69) is 20.9 Å². The lowest BCUT2D eigenvalue weighted by molar-refractivity contribution is 0.136. The van der Waals surface area contributed by atoms with E-state index in [1.165, 1.54) is 17.8 Å². The molecule has 5 heteroatoms. The van der Waals surface area contributed by atoms with Crippen molar-refractivity contribution in [2.75, 3.05) is 0 Å². The molecule has 1 aromatic rings. The minimum absolute atomic E-state index is 0.216. The van der Waals surface area contributed by atoms with Gasteiger partial charge in [-0.3, -0.25) is 0 Å². The predicted octanol–water partition coefficient (Wildman–Crippen LogP) is 2.12. The van der Waals surface area contributed by atoms with Crippen LogP contribution in [0.1, 0.15) is 12.2 Å². The van der Waals surface area contributed by atoms with Gasteiger partial charge in [-0.05, 0) is 15.9 Å². The lowest BCUT2D eigenvalue weighted by Gasteiger charge is -1.98. The highest BCUT2D eigenvalue weighted by molar-refractivity contribution is 9.10. The molecule has 56 valence electrons. The molecule has 0 aliphatic rings. The number of rotatable bonds is 1. The van der Waals surface area contributed by atoms with E-state index < -0.39 is 6.43 Å². The van der Waals surface area contributed by atoms with Gasteiger partial charge in [0.2, 0.25) is 0 Å². The molecule has 0 unspecified atom stereocenters. The van der Waals surface area contributed by atoms with Gasteiger partial charge in [-0.25, -0.2) is 13.8 Å². The first kappa shape index (κ1) is 7.65. The summed E-state index contributed by atoms with van der Waals surface area (Å²) in [6, 6.07) is 0. The zero-order valence-corrected chi connectivity index (χ0v) is 6.77. The number of imidazole rings is 1. The Kier molecular flexibility index (Phi) is 2.03. The summed E-state index contributed by atoms with van der Waals surface area (Å²) in [5.41, 5.74) is 0. The molecule has 0 saturated carbocycles. The highest BCUT2D eigenvalue weighted by Crippen LogP contribution is 2.19. The Bertz CT molecular complexity index is 234. The van der Waals surface area contributed by atoms with E-state index in [-0.39, 0.29) is 5.82 Å². The molecule has 0 atom stereocenters. The van der Waals surface area contributed by atoms with Crippen molar-refractivity contribution < 1.29 is 8.78 Å². The number of aromatic nitrogens is 2. The molecular weight excluding hydrogens is 206 g/mol. The third-order valence-corrected chi connectivity index (χ3v) is 1.90. The quantitative estimate of drug-likeness (QED) is 0.695. The molecule has 0 N–H and O–H groups in total. The zero-order valence-electron chi connectivity index (χ0n) is 5.18. The summed E-state index contributed by atoms with van der Waals surface area (Å²) in [5.74, 6) is -0.216. The maximum atomic E-state index is 11.9. The smallest absolute Gasteiger partial charge is 0.295 e. The molecule has 0 aromatic carbocycles.